The van der Waals surface area contributed by atoms with Gasteiger partial charge in [0.1, 0.15) is 6.04 Å². The number of nitrogens with zero attached hydrogens (tertiary/aromatic N) is 1. The fraction of sp³-hybridized carbons (Fsp3) is 0.0909. The van der Waals surface area contributed by atoms with Gasteiger partial charge in [0.2, 0.25) is 5.91 Å². The summed E-state index contributed by atoms with van der Waals surface area (Å²) < 4.78 is 0. The smallest absolute Gasteiger partial charge is 0.270 e. The highest BCUT2D eigenvalue weighted by molar-refractivity contribution is 6.01. The van der Waals surface area contributed by atoms with E-state index in [2.05, 4.69) is 16.0 Å². The van der Waals surface area contributed by atoms with Gasteiger partial charge in [0.15, 0.2) is 0 Å². The molecule has 152 valence electrons. The third-order valence-electron chi connectivity index (χ3n) is 4.27. The third kappa shape index (κ3) is 5.41. The van der Waals surface area contributed by atoms with Crippen molar-refractivity contribution in [3.8, 4) is 0 Å². The second-order valence-electron chi connectivity index (χ2n) is 6.56. The standard InChI is InChI=1S/C22H20N4O4/c1-15(23-22(28)16-6-5-9-20(14-16)26(29)30)21(27)25-19-12-10-18(11-13-19)24-17-7-3-2-4-8-17/h2-15,24H,1H3,(H,23,28)(H,25,27). The Morgan fingerprint density at radius 3 is 2.17 bits per heavy atom. The number of amides is 2. The number of carbonyl (C=O) groups excluding carboxylic acids is 2. The zero-order valence-electron chi connectivity index (χ0n) is 16.2. The lowest BCUT2D eigenvalue weighted by Gasteiger charge is -2.14. The topological polar surface area (TPSA) is 113 Å². The van der Waals surface area contributed by atoms with Gasteiger partial charge >= 0.3 is 0 Å². The van der Waals surface area contributed by atoms with Crippen LogP contribution in [-0.2, 0) is 4.79 Å². The fourth-order valence-corrected chi connectivity index (χ4v) is 2.68. The van der Waals surface area contributed by atoms with Gasteiger partial charge in [0.25, 0.3) is 11.6 Å². The third-order valence-corrected chi connectivity index (χ3v) is 4.27. The van der Waals surface area contributed by atoms with Gasteiger partial charge < -0.3 is 16.0 Å². The number of nitro groups is 1. The quantitative estimate of drug-likeness (QED) is 0.405. The van der Waals surface area contributed by atoms with Crippen molar-refractivity contribution in [3.63, 3.8) is 0 Å². The van der Waals surface area contributed by atoms with E-state index >= 15 is 0 Å². The van der Waals surface area contributed by atoms with Crippen molar-refractivity contribution >= 4 is 34.6 Å². The molecule has 0 heterocycles. The summed E-state index contributed by atoms with van der Waals surface area (Å²) in [5.74, 6) is -0.971. The molecule has 0 spiro atoms. The number of hydrogen-bond acceptors (Lipinski definition) is 5. The molecule has 3 N–H and O–H groups in total. The molecular weight excluding hydrogens is 384 g/mol. The van der Waals surface area contributed by atoms with E-state index in [4.69, 9.17) is 0 Å². The molecule has 3 aromatic rings. The van der Waals surface area contributed by atoms with Crippen LogP contribution in [0.2, 0.25) is 0 Å². The van der Waals surface area contributed by atoms with Crippen LogP contribution in [0, 0.1) is 10.1 Å². The molecule has 0 bridgehead atoms. The Hall–Kier alpha value is -4.20. The predicted molar refractivity (Wildman–Crippen MR) is 115 cm³/mol. The van der Waals surface area contributed by atoms with Gasteiger partial charge in [-0.3, -0.25) is 19.7 Å². The minimum absolute atomic E-state index is 0.111. The summed E-state index contributed by atoms with van der Waals surface area (Å²) in [5, 5.41) is 19.4. The molecule has 1 unspecified atom stereocenters. The van der Waals surface area contributed by atoms with E-state index < -0.39 is 22.8 Å². The van der Waals surface area contributed by atoms with Crippen molar-refractivity contribution in [2.24, 2.45) is 0 Å². The average Bonchev–Trinajstić information content (AvgIpc) is 2.75. The molecule has 8 nitrogen and oxygen atoms in total. The SMILES string of the molecule is CC(NC(=O)c1cccc([N+](=O)[O-])c1)C(=O)Nc1ccc(Nc2ccccc2)cc1. The fourth-order valence-electron chi connectivity index (χ4n) is 2.68. The van der Waals surface area contributed by atoms with Gasteiger partial charge in [0.05, 0.1) is 4.92 Å². The number of nitro benzene ring substituents is 1. The van der Waals surface area contributed by atoms with Crippen LogP contribution in [0.1, 0.15) is 17.3 Å². The van der Waals surface area contributed by atoms with Crippen molar-refractivity contribution in [1.82, 2.24) is 5.32 Å². The minimum atomic E-state index is -0.834. The Kier molecular flexibility index (Phi) is 6.39. The van der Waals surface area contributed by atoms with Crippen LogP contribution in [0.25, 0.3) is 0 Å². The largest absolute Gasteiger partial charge is 0.356 e. The lowest BCUT2D eigenvalue weighted by Crippen LogP contribution is -2.41. The van der Waals surface area contributed by atoms with Crippen LogP contribution in [0.3, 0.4) is 0 Å². The molecule has 3 rings (SSSR count). The number of nitrogens with one attached hydrogen (secondary N) is 3. The zero-order valence-corrected chi connectivity index (χ0v) is 16.2. The van der Waals surface area contributed by atoms with E-state index in [1.807, 2.05) is 42.5 Å². The van der Waals surface area contributed by atoms with Crippen molar-refractivity contribution in [1.29, 1.82) is 0 Å². The summed E-state index contributed by atoms with van der Waals surface area (Å²) in [7, 11) is 0. The number of benzene rings is 3. The van der Waals surface area contributed by atoms with Crippen LogP contribution >= 0.6 is 0 Å². The van der Waals surface area contributed by atoms with Crippen LogP contribution in [0.5, 0.6) is 0 Å². The van der Waals surface area contributed by atoms with Crippen molar-refractivity contribution in [2.45, 2.75) is 13.0 Å². The molecule has 0 radical (unpaired) electrons. The first-order valence-electron chi connectivity index (χ1n) is 9.21. The van der Waals surface area contributed by atoms with Gasteiger partial charge in [-0.25, -0.2) is 0 Å². The highest BCUT2D eigenvalue weighted by atomic mass is 16.6. The molecule has 0 saturated carbocycles. The molecule has 3 aromatic carbocycles. The van der Waals surface area contributed by atoms with Crippen LogP contribution in [0.15, 0.2) is 78.9 Å². The lowest BCUT2D eigenvalue weighted by atomic mass is 10.1. The second-order valence-corrected chi connectivity index (χ2v) is 6.56. The number of hydrogen-bond donors (Lipinski definition) is 3. The summed E-state index contributed by atoms with van der Waals surface area (Å²) in [5.41, 5.74) is 2.32. The zero-order chi connectivity index (χ0) is 21.5. The Balaban J connectivity index is 1.56. The summed E-state index contributed by atoms with van der Waals surface area (Å²) in [4.78, 5) is 34.9. The van der Waals surface area contributed by atoms with Crippen LogP contribution in [0.4, 0.5) is 22.7 Å². The molecule has 0 aliphatic rings. The molecule has 30 heavy (non-hydrogen) atoms. The average molecular weight is 404 g/mol. The molecule has 0 saturated heterocycles. The van der Waals surface area contributed by atoms with Gasteiger partial charge in [0, 0.05) is 34.8 Å². The van der Waals surface area contributed by atoms with E-state index in [0.717, 1.165) is 11.4 Å². The van der Waals surface area contributed by atoms with Gasteiger partial charge in [-0.15, -0.1) is 0 Å². The highest BCUT2D eigenvalue weighted by Crippen LogP contribution is 2.19. The summed E-state index contributed by atoms with van der Waals surface area (Å²) >= 11 is 0. The molecule has 0 aliphatic heterocycles. The van der Waals surface area contributed by atoms with Crippen LogP contribution < -0.4 is 16.0 Å². The predicted octanol–water partition coefficient (Wildman–Crippen LogP) is 4.10. The molecule has 0 aromatic heterocycles. The van der Waals surface area contributed by atoms with E-state index in [1.165, 1.54) is 31.2 Å². The second kappa shape index (κ2) is 9.33. The van der Waals surface area contributed by atoms with Gasteiger partial charge in [-0.05, 0) is 49.4 Å². The maximum Gasteiger partial charge on any atom is 0.270 e. The van der Waals surface area contributed by atoms with Crippen LogP contribution in [-0.4, -0.2) is 22.8 Å². The van der Waals surface area contributed by atoms with Gasteiger partial charge in [-0.1, -0.05) is 24.3 Å². The normalized spacial score (nSPS) is 11.2. The molecule has 0 aliphatic carbocycles. The lowest BCUT2D eigenvalue weighted by molar-refractivity contribution is -0.384. The van der Waals surface area contributed by atoms with Gasteiger partial charge in [-0.2, -0.15) is 0 Å². The first-order valence-corrected chi connectivity index (χ1v) is 9.21. The van der Waals surface area contributed by atoms with Crippen molar-refractivity contribution < 1.29 is 14.5 Å². The Morgan fingerprint density at radius 1 is 0.867 bits per heavy atom. The van der Waals surface area contributed by atoms with Crippen molar-refractivity contribution in [3.05, 3.63) is 94.5 Å². The number of rotatable bonds is 7. The molecule has 8 heteroatoms. The Labute approximate surface area is 173 Å². The Bertz CT molecular complexity index is 1050. The number of carbonyl (C=O) groups is 2. The maximum absolute atomic E-state index is 12.4. The number of anilines is 3. The number of para-hydroxylation sites is 1. The van der Waals surface area contributed by atoms with E-state index in [-0.39, 0.29) is 11.3 Å². The molecule has 0 fully saturated rings. The maximum atomic E-state index is 12.4. The molecule has 2 amide bonds. The molecule has 1 atom stereocenters. The monoisotopic (exact) mass is 404 g/mol. The summed E-state index contributed by atoms with van der Waals surface area (Å²) in [6.45, 7) is 1.54. The summed E-state index contributed by atoms with van der Waals surface area (Å²) in [6, 6.07) is 21.3. The van der Waals surface area contributed by atoms with Crippen molar-refractivity contribution in [2.75, 3.05) is 10.6 Å². The summed E-state index contributed by atoms with van der Waals surface area (Å²) in [6.07, 6.45) is 0. The Morgan fingerprint density at radius 2 is 1.50 bits per heavy atom. The highest BCUT2D eigenvalue weighted by Gasteiger charge is 2.18. The minimum Gasteiger partial charge on any atom is -0.356 e. The van der Waals surface area contributed by atoms with E-state index in [0.29, 0.717) is 5.69 Å². The van der Waals surface area contributed by atoms with E-state index in [9.17, 15) is 19.7 Å². The number of non-ortho nitro benzene ring substituents is 1. The first kappa shape index (κ1) is 20.5. The first-order chi connectivity index (χ1) is 14.4. The molecular formula is C22H20N4O4. The van der Waals surface area contributed by atoms with E-state index in [1.54, 1.807) is 12.1 Å².